The molecule has 0 fully saturated rings. The van der Waals surface area contributed by atoms with Crippen molar-refractivity contribution >= 4 is 27.9 Å². The molecule has 0 amide bonds. The van der Waals surface area contributed by atoms with Crippen molar-refractivity contribution in [2.45, 2.75) is 25.9 Å². The first-order valence-electron chi connectivity index (χ1n) is 19.5. The van der Waals surface area contributed by atoms with E-state index >= 15 is 0 Å². The third kappa shape index (κ3) is 11.1. The minimum Gasteiger partial charge on any atom is -0.490 e. The molecule has 0 heterocycles. The molecular formula is C45H53BrO12. The Morgan fingerprint density at radius 1 is 0.603 bits per heavy atom. The van der Waals surface area contributed by atoms with Crippen molar-refractivity contribution in [1.29, 1.82) is 0 Å². The first-order chi connectivity index (χ1) is 28.4. The van der Waals surface area contributed by atoms with Gasteiger partial charge in [-0.15, -0.1) is 0 Å². The first kappa shape index (κ1) is 44.9. The van der Waals surface area contributed by atoms with E-state index < -0.39 is 17.4 Å². The van der Waals surface area contributed by atoms with Crippen molar-refractivity contribution in [3.05, 3.63) is 122 Å². The summed E-state index contributed by atoms with van der Waals surface area (Å²) >= 11 is 3.73. The van der Waals surface area contributed by atoms with Gasteiger partial charge in [-0.25, -0.2) is 9.59 Å². The van der Waals surface area contributed by atoms with Crippen molar-refractivity contribution in [3.63, 3.8) is 0 Å². The first-order valence-corrected chi connectivity index (χ1v) is 20.3. The lowest BCUT2D eigenvalue weighted by Gasteiger charge is -2.35. The molecule has 1 aliphatic carbocycles. The van der Waals surface area contributed by atoms with Crippen LogP contribution >= 0.6 is 15.9 Å². The molecule has 0 aromatic heterocycles. The molecule has 13 heteroatoms. The molecule has 1 atom stereocenters. The van der Waals surface area contributed by atoms with Gasteiger partial charge in [-0.1, -0.05) is 64.5 Å². The molecule has 4 aromatic rings. The van der Waals surface area contributed by atoms with Crippen molar-refractivity contribution in [3.8, 4) is 16.9 Å². The van der Waals surface area contributed by atoms with E-state index in [1.54, 1.807) is 27.0 Å². The lowest BCUT2D eigenvalue weighted by molar-refractivity contribution is 0.00429. The Labute approximate surface area is 348 Å². The summed E-state index contributed by atoms with van der Waals surface area (Å²) in [7, 11) is 1.62. The van der Waals surface area contributed by atoms with E-state index in [1.807, 2.05) is 48.5 Å². The second kappa shape index (κ2) is 23.4. The van der Waals surface area contributed by atoms with Crippen LogP contribution in [0.25, 0.3) is 11.1 Å². The number of carbonyl (C=O) groups is 2. The predicted octanol–water partition coefficient (Wildman–Crippen LogP) is 6.77. The van der Waals surface area contributed by atoms with E-state index in [-0.39, 0.29) is 51.8 Å². The van der Waals surface area contributed by atoms with Gasteiger partial charge in [0.25, 0.3) is 0 Å². The van der Waals surface area contributed by atoms with Crippen LogP contribution in [0.4, 0.5) is 0 Å². The molecular weight excluding hydrogens is 812 g/mol. The smallest absolute Gasteiger partial charge is 0.341 e. The number of hydrogen-bond donors (Lipinski definition) is 1. The molecule has 0 saturated carbocycles. The molecule has 1 aliphatic rings. The zero-order chi connectivity index (χ0) is 41.2. The van der Waals surface area contributed by atoms with Gasteiger partial charge >= 0.3 is 11.9 Å². The molecule has 1 N–H and O–H groups in total. The van der Waals surface area contributed by atoms with Gasteiger partial charge in [-0.05, 0) is 83.1 Å². The van der Waals surface area contributed by atoms with Crippen LogP contribution in [0.3, 0.4) is 0 Å². The molecule has 0 spiro atoms. The number of carbonyl (C=O) groups excluding carboxylic acids is 2. The molecule has 0 bridgehead atoms. The lowest BCUT2D eigenvalue weighted by atomic mass is 9.67. The monoisotopic (exact) mass is 864 g/mol. The van der Waals surface area contributed by atoms with Crippen LogP contribution in [-0.2, 0) is 49.9 Å². The van der Waals surface area contributed by atoms with Gasteiger partial charge in [-0.3, -0.25) is 0 Å². The van der Waals surface area contributed by atoms with Crippen molar-refractivity contribution in [1.82, 2.24) is 0 Å². The Hall–Kier alpha value is -4.18. The molecule has 58 heavy (non-hydrogen) atoms. The third-order valence-corrected chi connectivity index (χ3v) is 9.97. The van der Waals surface area contributed by atoms with Gasteiger partial charge in [0.1, 0.15) is 17.9 Å². The van der Waals surface area contributed by atoms with Gasteiger partial charge in [0.05, 0.1) is 103 Å². The largest absolute Gasteiger partial charge is 0.490 e. The second-order valence-corrected chi connectivity index (χ2v) is 14.0. The van der Waals surface area contributed by atoms with E-state index in [4.69, 9.17) is 47.7 Å². The van der Waals surface area contributed by atoms with Crippen LogP contribution in [0.15, 0.2) is 83.3 Å². The van der Waals surface area contributed by atoms with Crippen LogP contribution < -0.4 is 4.74 Å². The van der Waals surface area contributed by atoms with Crippen LogP contribution in [0, 0.1) is 0 Å². The Kier molecular flexibility index (Phi) is 18.1. The number of ether oxygens (including phenoxy) is 9. The normalized spacial score (nSPS) is 14.2. The minimum absolute atomic E-state index is 0.0392. The van der Waals surface area contributed by atoms with E-state index in [1.165, 1.54) is 0 Å². The van der Waals surface area contributed by atoms with E-state index in [0.717, 1.165) is 37.9 Å². The summed E-state index contributed by atoms with van der Waals surface area (Å²) in [6.07, 6.45) is 0. The maximum Gasteiger partial charge on any atom is 0.341 e. The Morgan fingerprint density at radius 2 is 1.17 bits per heavy atom. The highest BCUT2D eigenvalue weighted by atomic mass is 79.9. The topological polar surface area (TPSA) is 137 Å². The fourth-order valence-electron chi connectivity index (χ4n) is 6.99. The number of aliphatic hydroxyl groups excluding tert-OH is 1. The Bertz CT molecular complexity index is 1840. The Morgan fingerprint density at radius 3 is 1.84 bits per heavy atom. The highest BCUT2D eigenvalue weighted by molar-refractivity contribution is 9.10. The molecule has 0 aliphatic heterocycles. The molecule has 12 nitrogen and oxygen atoms in total. The fourth-order valence-corrected chi connectivity index (χ4v) is 7.35. The average Bonchev–Trinajstić information content (AvgIpc) is 3.52. The molecule has 4 aromatic carbocycles. The standard InChI is InChI=1S/C45H53BrO12/c1-4-56-43(48)38-28-33(11-10-32(38)31-55-25-24-53-21-20-51-17-16-47)45(40-9-7-6-8-36(40)37-14-13-35(46)30-41(37)45)34-12-15-42(39(29-34)44(49)57-5-2)58-27-26-54-23-22-52-19-18-50-3/h6-15,28-30,47H,4-5,16-27,31H2,1-3H3. The van der Waals surface area contributed by atoms with Crippen LogP contribution in [0.2, 0.25) is 0 Å². The van der Waals surface area contributed by atoms with Gasteiger partial charge in [0.15, 0.2) is 0 Å². The molecule has 5 rings (SSSR count). The van der Waals surface area contributed by atoms with Gasteiger partial charge < -0.3 is 47.7 Å². The Balaban J connectivity index is 1.54. The van der Waals surface area contributed by atoms with Crippen molar-refractivity contribution < 1.29 is 57.3 Å². The van der Waals surface area contributed by atoms with Gasteiger partial charge in [-0.2, -0.15) is 0 Å². The van der Waals surface area contributed by atoms with Crippen LogP contribution in [0.5, 0.6) is 5.75 Å². The van der Waals surface area contributed by atoms with Crippen LogP contribution in [-0.4, -0.2) is 117 Å². The predicted molar refractivity (Wildman–Crippen MR) is 221 cm³/mol. The van der Waals surface area contributed by atoms with Crippen molar-refractivity contribution in [2.24, 2.45) is 0 Å². The SMILES string of the molecule is CCOC(=O)c1cc(C2(c3ccc(OCCOCCOCCOC)c(C(=O)OCC)c3)c3ccccc3-c3ccc(Br)cc32)ccc1COCCOCCOCCO. The average molecular weight is 866 g/mol. The van der Waals surface area contributed by atoms with E-state index in [2.05, 4.69) is 40.2 Å². The highest BCUT2D eigenvalue weighted by Crippen LogP contribution is 2.57. The maximum atomic E-state index is 13.7. The fraction of sp³-hybridized carbons (Fsp3) is 0.422. The summed E-state index contributed by atoms with van der Waals surface area (Å²) in [6, 6.07) is 25.7. The molecule has 1 unspecified atom stereocenters. The second-order valence-electron chi connectivity index (χ2n) is 13.1. The maximum absolute atomic E-state index is 13.7. The summed E-state index contributed by atoms with van der Waals surface area (Å²) in [5, 5.41) is 8.87. The lowest BCUT2D eigenvalue weighted by Crippen LogP contribution is -2.30. The quantitative estimate of drug-likeness (QED) is 0.0464. The minimum atomic E-state index is -0.992. The number of benzene rings is 4. The van der Waals surface area contributed by atoms with E-state index in [0.29, 0.717) is 69.7 Å². The van der Waals surface area contributed by atoms with Gasteiger partial charge in [0.2, 0.25) is 0 Å². The summed E-state index contributed by atoms with van der Waals surface area (Å²) in [6.45, 7) is 7.96. The van der Waals surface area contributed by atoms with Gasteiger partial charge in [0, 0.05) is 11.6 Å². The molecule has 0 radical (unpaired) electrons. The van der Waals surface area contributed by atoms with E-state index in [9.17, 15) is 9.59 Å². The highest BCUT2D eigenvalue weighted by Gasteiger charge is 2.47. The summed E-state index contributed by atoms with van der Waals surface area (Å²) < 4.78 is 51.1. The van der Waals surface area contributed by atoms with Crippen LogP contribution in [0.1, 0.15) is 62.4 Å². The zero-order valence-electron chi connectivity index (χ0n) is 33.4. The number of aliphatic hydroxyl groups is 1. The molecule has 0 saturated heterocycles. The number of methoxy groups -OCH3 is 1. The summed E-state index contributed by atoms with van der Waals surface area (Å²) in [5.41, 5.74) is 5.85. The summed E-state index contributed by atoms with van der Waals surface area (Å²) in [4.78, 5) is 27.4. The number of fused-ring (bicyclic) bond motifs is 3. The third-order valence-electron chi connectivity index (χ3n) is 9.48. The van der Waals surface area contributed by atoms with Crippen molar-refractivity contribution in [2.75, 3.05) is 99.6 Å². The number of halogens is 1. The zero-order valence-corrected chi connectivity index (χ0v) is 35.0. The number of esters is 2. The number of hydrogen-bond acceptors (Lipinski definition) is 12. The summed E-state index contributed by atoms with van der Waals surface area (Å²) in [5.74, 6) is -0.639. The number of rotatable bonds is 26. The molecule has 312 valence electrons.